The van der Waals surface area contributed by atoms with Crippen molar-refractivity contribution in [1.29, 1.82) is 0 Å². The molecule has 0 bridgehead atoms. The van der Waals surface area contributed by atoms with Crippen LogP contribution >= 0.6 is 11.6 Å². The van der Waals surface area contributed by atoms with Gasteiger partial charge in [0.25, 0.3) is 0 Å². The average molecular weight is 209 g/mol. The molecule has 2 nitrogen and oxygen atoms in total. The molecule has 0 saturated carbocycles. The molecule has 13 heavy (non-hydrogen) atoms. The highest BCUT2D eigenvalue weighted by Gasteiger charge is 2.13. The van der Waals surface area contributed by atoms with Crippen molar-refractivity contribution in [3.8, 4) is 0 Å². The number of aliphatic hydroxyl groups excluding tert-OH is 2. The summed E-state index contributed by atoms with van der Waals surface area (Å²) in [6.07, 6.45) is 5.10. The topological polar surface area (TPSA) is 40.5 Å². The Kier molecular flexibility index (Phi) is 8.93. The summed E-state index contributed by atoms with van der Waals surface area (Å²) in [6.45, 7) is 2.17. The second kappa shape index (κ2) is 8.79. The Labute approximate surface area is 85.9 Å². The predicted octanol–water partition coefficient (Wildman–Crippen LogP) is 2.31. The van der Waals surface area contributed by atoms with Crippen molar-refractivity contribution in [2.75, 3.05) is 5.88 Å². The van der Waals surface area contributed by atoms with Gasteiger partial charge in [-0.1, -0.05) is 39.0 Å². The van der Waals surface area contributed by atoms with Gasteiger partial charge in [-0.2, -0.15) is 0 Å². The zero-order valence-corrected chi connectivity index (χ0v) is 9.13. The molecule has 0 aliphatic carbocycles. The minimum atomic E-state index is -0.757. The van der Waals surface area contributed by atoms with Crippen LogP contribution in [0.25, 0.3) is 0 Å². The molecule has 2 N–H and O–H groups in total. The molecule has 0 aromatic heterocycles. The summed E-state index contributed by atoms with van der Waals surface area (Å²) >= 11 is 5.40. The summed E-state index contributed by atoms with van der Waals surface area (Å²) in [7, 11) is 0. The van der Waals surface area contributed by atoms with Gasteiger partial charge in [-0.15, -0.1) is 11.6 Å². The lowest BCUT2D eigenvalue weighted by atomic mass is 10.1. The van der Waals surface area contributed by atoms with E-state index >= 15 is 0 Å². The van der Waals surface area contributed by atoms with Crippen LogP contribution in [-0.2, 0) is 0 Å². The van der Waals surface area contributed by atoms with Crippen LogP contribution in [0.5, 0.6) is 0 Å². The van der Waals surface area contributed by atoms with Gasteiger partial charge in [0.15, 0.2) is 0 Å². The summed E-state index contributed by atoms with van der Waals surface area (Å²) in [5.74, 6) is 0.121. The molecule has 0 aliphatic rings. The van der Waals surface area contributed by atoms with Crippen molar-refractivity contribution in [3.63, 3.8) is 0 Å². The summed E-state index contributed by atoms with van der Waals surface area (Å²) in [5, 5.41) is 18.5. The normalized spacial score (nSPS) is 15.7. The van der Waals surface area contributed by atoms with Gasteiger partial charge in [-0.25, -0.2) is 0 Å². The fourth-order valence-electron chi connectivity index (χ4n) is 1.25. The zero-order valence-electron chi connectivity index (χ0n) is 8.38. The Hall–Kier alpha value is 0.210. The molecule has 80 valence electrons. The Balaban J connectivity index is 3.21. The molecule has 0 unspecified atom stereocenters. The average Bonchev–Trinajstić information content (AvgIpc) is 2.16. The van der Waals surface area contributed by atoms with Crippen LogP contribution in [-0.4, -0.2) is 28.3 Å². The maximum Gasteiger partial charge on any atom is 0.0933 e. The highest BCUT2D eigenvalue weighted by molar-refractivity contribution is 6.18. The number of halogens is 1. The van der Waals surface area contributed by atoms with E-state index in [1.165, 1.54) is 19.3 Å². The third kappa shape index (κ3) is 7.29. The minimum Gasteiger partial charge on any atom is -0.390 e. The SMILES string of the molecule is CCCCCCC[C@H](O)[C@@H](O)CCl. The molecule has 0 saturated heterocycles. The van der Waals surface area contributed by atoms with E-state index in [1.807, 2.05) is 0 Å². The van der Waals surface area contributed by atoms with Crippen molar-refractivity contribution < 1.29 is 10.2 Å². The maximum absolute atomic E-state index is 9.34. The van der Waals surface area contributed by atoms with Gasteiger partial charge in [-0.3, -0.25) is 0 Å². The van der Waals surface area contributed by atoms with Gasteiger partial charge in [0.05, 0.1) is 18.1 Å². The molecule has 0 aromatic carbocycles. The van der Waals surface area contributed by atoms with Gasteiger partial charge >= 0.3 is 0 Å². The first-order valence-corrected chi connectivity index (χ1v) is 5.68. The van der Waals surface area contributed by atoms with E-state index in [0.29, 0.717) is 6.42 Å². The minimum absolute atomic E-state index is 0.121. The largest absolute Gasteiger partial charge is 0.390 e. The Morgan fingerprint density at radius 3 is 2.15 bits per heavy atom. The molecule has 0 aromatic rings. The lowest BCUT2D eigenvalue weighted by molar-refractivity contribution is 0.0267. The number of alkyl halides is 1. The third-order valence-corrected chi connectivity index (χ3v) is 2.52. The standard InChI is InChI=1S/C10H21ClO2/c1-2-3-4-5-6-7-9(12)10(13)8-11/h9-10,12-13H,2-8H2,1H3/t9-,10-/m0/s1. The zero-order chi connectivity index (χ0) is 10.1. The smallest absolute Gasteiger partial charge is 0.0933 e. The molecule has 0 amide bonds. The second-order valence-electron chi connectivity index (χ2n) is 3.49. The quantitative estimate of drug-likeness (QED) is 0.475. The van der Waals surface area contributed by atoms with Gasteiger partial charge in [-0.05, 0) is 6.42 Å². The number of hydrogen-bond donors (Lipinski definition) is 2. The fraction of sp³-hybridized carbons (Fsp3) is 1.00. The van der Waals surface area contributed by atoms with Crippen LogP contribution in [0.4, 0.5) is 0 Å². The maximum atomic E-state index is 9.34. The van der Waals surface area contributed by atoms with Crippen molar-refractivity contribution in [3.05, 3.63) is 0 Å². The van der Waals surface area contributed by atoms with Crippen LogP contribution in [0.2, 0.25) is 0 Å². The lowest BCUT2D eigenvalue weighted by Gasteiger charge is -2.14. The van der Waals surface area contributed by atoms with Crippen LogP contribution in [0, 0.1) is 0 Å². The Bertz CT molecular complexity index is 109. The summed E-state index contributed by atoms with van der Waals surface area (Å²) in [6, 6.07) is 0. The third-order valence-electron chi connectivity index (χ3n) is 2.21. The number of rotatable bonds is 8. The highest BCUT2D eigenvalue weighted by Crippen LogP contribution is 2.09. The lowest BCUT2D eigenvalue weighted by Crippen LogP contribution is -2.27. The van der Waals surface area contributed by atoms with E-state index in [-0.39, 0.29) is 5.88 Å². The Morgan fingerprint density at radius 1 is 1.00 bits per heavy atom. The van der Waals surface area contributed by atoms with Crippen molar-refractivity contribution in [1.82, 2.24) is 0 Å². The summed E-state index contributed by atoms with van der Waals surface area (Å²) in [5.41, 5.74) is 0. The molecule has 0 fully saturated rings. The first-order chi connectivity index (χ1) is 6.22. The molecular formula is C10H21ClO2. The summed E-state index contributed by atoms with van der Waals surface area (Å²) in [4.78, 5) is 0. The first kappa shape index (κ1) is 13.2. The molecule has 0 radical (unpaired) electrons. The molecule has 3 heteroatoms. The van der Waals surface area contributed by atoms with Crippen molar-refractivity contribution in [2.24, 2.45) is 0 Å². The molecule has 2 atom stereocenters. The van der Waals surface area contributed by atoms with Crippen LogP contribution in [0.3, 0.4) is 0 Å². The van der Waals surface area contributed by atoms with Gasteiger partial charge in [0, 0.05) is 0 Å². The van der Waals surface area contributed by atoms with Crippen LogP contribution in [0.15, 0.2) is 0 Å². The number of hydrogen-bond acceptors (Lipinski definition) is 2. The van der Waals surface area contributed by atoms with Crippen LogP contribution in [0.1, 0.15) is 45.4 Å². The van der Waals surface area contributed by atoms with E-state index in [9.17, 15) is 5.11 Å². The molecular weight excluding hydrogens is 188 g/mol. The molecule has 0 rings (SSSR count). The second-order valence-corrected chi connectivity index (χ2v) is 3.80. The molecule has 0 aliphatic heterocycles. The first-order valence-electron chi connectivity index (χ1n) is 5.14. The van der Waals surface area contributed by atoms with Crippen LogP contribution < -0.4 is 0 Å². The van der Waals surface area contributed by atoms with Gasteiger partial charge in [0.2, 0.25) is 0 Å². The van der Waals surface area contributed by atoms with E-state index in [0.717, 1.165) is 12.8 Å². The summed E-state index contributed by atoms with van der Waals surface area (Å²) < 4.78 is 0. The van der Waals surface area contributed by atoms with E-state index in [1.54, 1.807) is 0 Å². The van der Waals surface area contributed by atoms with Gasteiger partial charge < -0.3 is 10.2 Å². The number of aliphatic hydroxyl groups is 2. The monoisotopic (exact) mass is 208 g/mol. The van der Waals surface area contributed by atoms with Crippen molar-refractivity contribution in [2.45, 2.75) is 57.7 Å². The van der Waals surface area contributed by atoms with Crippen molar-refractivity contribution >= 4 is 11.6 Å². The van der Waals surface area contributed by atoms with E-state index in [4.69, 9.17) is 16.7 Å². The predicted molar refractivity (Wildman–Crippen MR) is 56.1 cm³/mol. The Morgan fingerprint density at radius 2 is 1.62 bits per heavy atom. The fourth-order valence-corrected chi connectivity index (χ4v) is 1.46. The van der Waals surface area contributed by atoms with E-state index < -0.39 is 12.2 Å². The molecule has 0 spiro atoms. The number of unbranched alkanes of at least 4 members (excludes halogenated alkanes) is 4. The highest BCUT2D eigenvalue weighted by atomic mass is 35.5. The van der Waals surface area contributed by atoms with E-state index in [2.05, 4.69) is 6.92 Å². The van der Waals surface area contributed by atoms with Gasteiger partial charge in [0.1, 0.15) is 0 Å². The molecule has 0 heterocycles.